The molecule has 3 N–H and O–H groups in total. The molecule has 0 spiro atoms. The van der Waals surface area contributed by atoms with Crippen LogP contribution in [0.15, 0.2) is 54.7 Å². The van der Waals surface area contributed by atoms with Crippen molar-refractivity contribution < 1.29 is 19.4 Å². The smallest absolute Gasteiger partial charge is 0.274 e. The molecule has 4 rings (SSSR count). The van der Waals surface area contributed by atoms with Gasteiger partial charge in [0.15, 0.2) is 11.5 Å². The fraction of sp³-hybridized carbons (Fsp3) is 0.208. The van der Waals surface area contributed by atoms with Gasteiger partial charge in [0.05, 0.1) is 17.9 Å². The summed E-state index contributed by atoms with van der Waals surface area (Å²) in [5.74, 6) is 0.893. The zero-order valence-electron chi connectivity index (χ0n) is 17.3. The third-order valence-corrected chi connectivity index (χ3v) is 4.95. The zero-order valence-corrected chi connectivity index (χ0v) is 17.3. The molecular weight excluding hydrogens is 408 g/mol. The Kier molecular flexibility index (Phi) is 6.60. The lowest BCUT2D eigenvalue weighted by molar-refractivity contribution is 0.102. The van der Waals surface area contributed by atoms with Crippen LogP contribution in [0, 0.1) is 11.3 Å². The minimum Gasteiger partial charge on any atom is -0.486 e. The van der Waals surface area contributed by atoms with Gasteiger partial charge in [0, 0.05) is 24.8 Å². The molecule has 0 saturated heterocycles. The number of benzene rings is 2. The minimum atomic E-state index is -0.407. The summed E-state index contributed by atoms with van der Waals surface area (Å²) in [5, 5.41) is 24.5. The zero-order chi connectivity index (χ0) is 22.3. The number of aliphatic hydroxyl groups excluding tert-OH is 1. The number of pyridine rings is 1. The van der Waals surface area contributed by atoms with Gasteiger partial charge >= 0.3 is 0 Å². The number of nitriles is 1. The van der Waals surface area contributed by atoms with Crippen molar-refractivity contribution in [1.29, 1.82) is 5.26 Å². The molecule has 162 valence electrons. The van der Waals surface area contributed by atoms with E-state index in [9.17, 15) is 10.1 Å². The van der Waals surface area contributed by atoms with Crippen molar-refractivity contribution in [2.45, 2.75) is 6.54 Å². The van der Waals surface area contributed by atoms with Crippen LogP contribution < -0.4 is 20.1 Å². The highest BCUT2D eigenvalue weighted by Crippen LogP contribution is 2.37. The first-order chi connectivity index (χ1) is 15.7. The molecule has 1 aliphatic rings. The maximum absolute atomic E-state index is 12.7. The molecular formula is C24H22N4O4. The van der Waals surface area contributed by atoms with E-state index in [0.717, 1.165) is 11.1 Å². The number of aliphatic hydroxyl groups is 1. The van der Waals surface area contributed by atoms with Gasteiger partial charge < -0.3 is 25.2 Å². The van der Waals surface area contributed by atoms with Crippen LogP contribution in [0.3, 0.4) is 0 Å². The maximum Gasteiger partial charge on any atom is 0.274 e. The van der Waals surface area contributed by atoms with E-state index in [-0.39, 0.29) is 12.3 Å². The SMILES string of the molecule is N#Cc1c(NC(=O)c2ccc(CNCCO)cn2)cccc1-c1ccc2c(c1)OCCO2. The summed E-state index contributed by atoms with van der Waals surface area (Å²) in [7, 11) is 0. The highest BCUT2D eigenvalue weighted by molar-refractivity contribution is 6.04. The van der Waals surface area contributed by atoms with E-state index in [1.54, 1.807) is 30.5 Å². The number of amides is 1. The Balaban J connectivity index is 1.55. The van der Waals surface area contributed by atoms with Gasteiger partial charge in [-0.2, -0.15) is 5.26 Å². The maximum atomic E-state index is 12.7. The van der Waals surface area contributed by atoms with E-state index in [4.69, 9.17) is 14.6 Å². The number of rotatable bonds is 7. The van der Waals surface area contributed by atoms with Crippen LogP contribution in [0.2, 0.25) is 0 Å². The number of hydrogen-bond donors (Lipinski definition) is 3. The van der Waals surface area contributed by atoms with Gasteiger partial charge in [-0.3, -0.25) is 9.78 Å². The molecule has 1 amide bonds. The van der Waals surface area contributed by atoms with Crippen LogP contribution in [0.5, 0.6) is 11.5 Å². The van der Waals surface area contributed by atoms with Crippen molar-refractivity contribution >= 4 is 11.6 Å². The van der Waals surface area contributed by atoms with E-state index in [1.165, 1.54) is 0 Å². The molecule has 0 aliphatic carbocycles. The Hall–Kier alpha value is -3.93. The number of aromatic nitrogens is 1. The van der Waals surface area contributed by atoms with Crippen molar-refractivity contribution in [1.82, 2.24) is 10.3 Å². The fourth-order valence-electron chi connectivity index (χ4n) is 3.39. The van der Waals surface area contributed by atoms with E-state index in [1.807, 2.05) is 24.3 Å². The number of hydrogen-bond acceptors (Lipinski definition) is 7. The summed E-state index contributed by atoms with van der Waals surface area (Å²) >= 11 is 0. The largest absolute Gasteiger partial charge is 0.486 e. The highest BCUT2D eigenvalue weighted by atomic mass is 16.6. The number of fused-ring (bicyclic) bond motifs is 1. The molecule has 0 radical (unpaired) electrons. The monoisotopic (exact) mass is 430 g/mol. The van der Waals surface area contributed by atoms with Gasteiger partial charge in [-0.15, -0.1) is 0 Å². The van der Waals surface area contributed by atoms with Crippen LogP contribution in [-0.2, 0) is 6.54 Å². The molecule has 32 heavy (non-hydrogen) atoms. The number of nitrogens with zero attached hydrogens (tertiary/aromatic N) is 2. The Morgan fingerprint density at radius 2 is 1.97 bits per heavy atom. The van der Waals surface area contributed by atoms with Gasteiger partial charge in [-0.25, -0.2) is 0 Å². The van der Waals surface area contributed by atoms with Gasteiger partial charge in [0.1, 0.15) is 25.0 Å². The average Bonchev–Trinajstić information content (AvgIpc) is 2.84. The first-order valence-electron chi connectivity index (χ1n) is 10.2. The molecule has 3 aromatic rings. The van der Waals surface area contributed by atoms with Crippen molar-refractivity contribution in [2.24, 2.45) is 0 Å². The molecule has 1 aromatic heterocycles. The van der Waals surface area contributed by atoms with Crippen molar-refractivity contribution in [3.05, 3.63) is 71.5 Å². The summed E-state index contributed by atoms with van der Waals surface area (Å²) in [4.78, 5) is 16.9. The Morgan fingerprint density at radius 3 is 2.72 bits per heavy atom. The van der Waals surface area contributed by atoms with Gasteiger partial charge in [-0.1, -0.05) is 24.3 Å². The highest BCUT2D eigenvalue weighted by Gasteiger charge is 2.17. The van der Waals surface area contributed by atoms with Crippen molar-refractivity contribution in [3.63, 3.8) is 0 Å². The quantitative estimate of drug-likeness (QED) is 0.494. The first kappa shape index (κ1) is 21.3. The molecule has 8 nitrogen and oxygen atoms in total. The standard InChI is InChI=1S/C24H22N4O4/c25-13-19-18(17-5-7-22-23(12-17)32-11-10-31-22)2-1-3-20(19)28-24(30)21-6-4-16(15-27-21)14-26-8-9-29/h1-7,12,15,26,29H,8-11,14H2,(H,28,30). The predicted molar refractivity (Wildman–Crippen MR) is 119 cm³/mol. The van der Waals surface area contributed by atoms with Gasteiger partial charge in [0.25, 0.3) is 5.91 Å². The summed E-state index contributed by atoms with van der Waals surface area (Å²) in [6.07, 6.45) is 1.61. The lowest BCUT2D eigenvalue weighted by Gasteiger charge is -2.19. The summed E-state index contributed by atoms with van der Waals surface area (Å²) < 4.78 is 11.2. The lowest BCUT2D eigenvalue weighted by Crippen LogP contribution is -2.18. The van der Waals surface area contributed by atoms with Crippen LogP contribution >= 0.6 is 0 Å². The lowest BCUT2D eigenvalue weighted by atomic mass is 9.98. The second kappa shape index (κ2) is 9.92. The summed E-state index contributed by atoms with van der Waals surface area (Å²) in [6.45, 7) is 2.07. The van der Waals surface area contributed by atoms with Crippen LogP contribution in [0.4, 0.5) is 5.69 Å². The normalized spacial score (nSPS) is 12.1. The van der Waals surface area contributed by atoms with Gasteiger partial charge in [0.2, 0.25) is 0 Å². The Morgan fingerprint density at radius 1 is 1.12 bits per heavy atom. The average molecular weight is 430 g/mol. The second-order valence-electron chi connectivity index (χ2n) is 7.10. The first-order valence-corrected chi connectivity index (χ1v) is 10.2. The molecule has 0 bridgehead atoms. The Bertz CT molecular complexity index is 1160. The number of carbonyl (C=O) groups is 1. The molecule has 0 unspecified atom stereocenters. The number of nitrogens with one attached hydrogen (secondary N) is 2. The molecule has 8 heteroatoms. The van der Waals surface area contributed by atoms with E-state index in [2.05, 4.69) is 21.7 Å². The second-order valence-corrected chi connectivity index (χ2v) is 7.10. The minimum absolute atomic E-state index is 0.0560. The fourth-order valence-corrected chi connectivity index (χ4v) is 3.39. The van der Waals surface area contributed by atoms with E-state index >= 15 is 0 Å². The molecule has 2 aromatic carbocycles. The van der Waals surface area contributed by atoms with Crippen molar-refractivity contribution in [2.75, 3.05) is 31.7 Å². The van der Waals surface area contributed by atoms with Crippen molar-refractivity contribution in [3.8, 4) is 28.7 Å². The van der Waals surface area contributed by atoms with Crippen LogP contribution in [-0.4, -0.2) is 42.4 Å². The Labute approximate surface area is 185 Å². The molecule has 0 atom stereocenters. The molecule has 0 saturated carbocycles. The van der Waals surface area contributed by atoms with Gasteiger partial charge in [-0.05, 0) is 35.4 Å². The number of anilines is 1. The molecule has 1 aliphatic heterocycles. The molecule has 2 heterocycles. The van der Waals surface area contributed by atoms with E-state index < -0.39 is 5.91 Å². The van der Waals surface area contributed by atoms with E-state index in [0.29, 0.717) is 54.6 Å². The topological polar surface area (TPSA) is 117 Å². The summed E-state index contributed by atoms with van der Waals surface area (Å²) in [6, 6.07) is 16.4. The molecule has 0 fully saturated rings. The van der Waals surface area contributed by atoms with Crippen LogP contribution in [0.25, 0.3) is 11.1 Å². The third kappa shape index (κ3) is 4.70. The van der Waals surface area contributed by atoms with Crippen LogP contribution in [0.1, 0.15) is 21.6 Å². The predicted octanol–water partition coefficient (Wildman–Crippen LogP) is 2.73. The third-order valence-electron chi connectivity index (χ3n) is 4.95. The number of carbonyl (C=O) groups excluding carboxylic acids is 1. The summed E-state index contributed by atoms with van der Waals surface area (Å²) in [5.41, 5.74) is 3.36. The number of ether oxygens (including phenoxy) is 2.